The van der Waals surface area contributed by atoms with Gasteiger partial charge in [0.1, 0.15) is 12.0 Å². The highest BCUT2D eigenvalue weighted by molar-refractivity contribution is 5.85. The topological polar surface area (TPSA) is 35.2 Å². The molecular weight excluding hydrogens is 327 g/mol. The van der Waals surface area contributed by atoms with E-state index in [0.717, 1.165) is 55.5 Å². The van der Waals surface area contributed by atoms with E-state index in [0.29, 0.717) is 0 Å². The number of benzene rings is 1. The van der Waals surface area contributed by atoms with E-state index in [-0.39, 0.29) is 17.5 Å². The predicted molar refractivity (Wildman–Crippen MR) is 98.1 cm³/mol. The van der Waals surface area contributed by atoms with Crippen molar-refractivity contribution in [2.45, 2.75) is 31.0 Å². The van der Waals surface area contributed by atoms with E-state index >= 15 is 0 Å². The van der Waals surface area contributed by atoms with Gasteiger partial charge in [-0.15, -0.1) is 0 Å². The number of hydrogen-bond acceptors (Lipinski definition) is 3. The van der Waals surface area contributed by atoms with Crippen molar-refractivity contribution in [3.05, 3.63) is 65.4 Å². The first-order valence-electron chi connectivity index (χ1n) is 9.49. The minimum Gasteiger partial charge on any atom is -0.357 e. The normalized spacial score (nSPS) is 30.3. The van der Waals surface area contributed by atoms with Crippen molar-refractivity contribution in [3.63, 3.8) is 0 Å². The highest BCUT2D eigenvalue weighted by Crippen LogP contribution is 2.53. The minimum absolute atomic E-state index is 0.0278. The van der Waals surface area contributed by atoms with Crippen LogP contribution in [0.2, 0.25) is 0 Å². The SMILES string of the molecule is Fc1ccc2[nH]c3c(c2c1)CCN1C(c2ccccn2)N2CCC31CC2. The average molecular weight is 348 g/mol. The molecule has 1 spiro atoms. The van der Waals surface area contributed by atoms with Crippen LogP contribution in [0.25, 0.3) is 10.9 Å². The Morgan fingerprint density at radius 2 is 2.00 bits per heavy atom. The quantitative estimate of drug-likeness (QED) is 0.730. The first-order chi connectivity index (χ1) is 12.8. The first kappa shape index (κ1) is 14.9. The van der Waals surface area contributed by atoms with E-state index in [2.05, 4.69) is 31.9 Å². The Morgan fingerprint density at radius 1 is 1.12 bits per heavy atom. The smallest absolute Gasteiger partial charge is 0.123 e. The molecule has 26 heavy (non-hydrogen) atoms. The van der Waals surface area contributed by atoms with Gasteiger partial charge in [0, 0.05) is 42.4 Å². The van der Waals surface area contributed by atoms with Crippen LogP contribution >= 0.6 is 0 Å². The second kappa shape index (κ2) is 5.15. The van der Waals surface area contributed by atoms with Gasteiger partial charge in [-0.05, 0) is 55.2 Å². The van der Waals surface area contributed by atoms with Gasteiger partial charge in [-0.2, -0.15) is 0 Å². The zero-order valence-corrected chi connectivity index (χ0v) is 14.6. The molecule has 0 amide bonds. The van der Waals surface area contributed by atoms with Gasteiger partial charge >= 0.3 is 0 Å². The summed E-state index contributed by atoms with van der Waals surface area (Å²) in [5.41, 5.74) is 4.88. The number of halogens is 1. The van der Waals surface area contributed by atoms with Crippen molar-refractivity contribution in [2.24, 2.45) is 0 Å². The summed E-state index contributed by atoms with van der Waals surface area (Å²) in [5, 5.41) is 1.07. The Labute approximate surface area is 151 Å². The Hall–Kier alpha value is -2.24. The predicted octanol–water partition coefficient (Wildman–Crippen LogP) is 3.56. The third-order valence-corrected chi connectivity index (χ3v) is 6.70. The number of nitrogens with zero attached hydrogens (tertiary/aromatic N) is 3. The van der Waals surface area contributed by atoms with Gasteiger partial charge < -0.3 is 4.98 Å². The molecule has 0 aliphatic carbocycles. The summed E-state index contributed by atoms with van der Waals surface area (Å²) in [7, 11) is 0. The fourth-order valence-corrected chi connectivity index (χ4v) is 5.57. The summed E-state index contributed by atoms with van der Waals surface area (Å²) >= 11 is 0. The average Bonchev–Trinajstić information content (AvgIpc) is 3.07. The van der Waals surface area contributed by atoms with Gasteiger partial charge in [-0.25, -0.2) is 4.39 Å². The van der Waals surface area contributed by atoms with Gasteiger partial charge in [-0.1, -0.05) is 6.07 Å². The van der Waals surface area contributed by atoms with Crippen molar-refractivity contribution in [3.8, 4) is 0 Å². The number of fused-ring (bicyclic) bond motifs is 5. The number of aromatic nitrogens is 2. The van der Waals surface area contributed by atoms with E-state index in [1.807, 2.05) is 18.3 Å². The maximum absolute atomic E-state index is 13.8. The summed E-state index contributed by atoms with van der Waals surface area (Å²) in [4.78, 5) is 13.6. The maximum atomic E-state index is 13.8. The number of H-pyrrole nitrogens is 1. The van der Waals surface area contributed by atoms with Crippen LogP contribution in [0.1, 0.15) is 36.0 Å². The molecule has 4 aliphatic heterocycles. The lowest BCUT2D eigenvalue weighted by atomic mass is 9.74. The molecule has 3 fully saturated rings. The number of rotatable bonds is 1. The zero-order valence-electron chi connectivity index (χ0n) is 14.6. The van der Waals surface area contributed by atoms with Gasteiger partial charge in [-0.3, -0.25) is 14.8 Å². The molecule has 3 aromatic rings. The lowest BCUT2D eigenvalue weighted by molar-refractivity contribution is -0.150. The van der Waals surface area contributed by atoms with E-state index in [4.69, 9.17) is 0 Å². The number of aromatic amines is 1. The molecule has 0 saturated carbocycles. The van der Waals surface area contributed by atoms with Crippen LogP contribution in [0.15, 0.2) is 42.6 Å². The summed E-state index contributed by atoms with van der Waals surface area (Å²) < 4.78 is 13.8. The molecule has 2 aromatic heterocycles. The molecule has 2 bridgehead atoms. The lowest BCUT2D eigenvalue weighted by Gasteiger charge is -2.61. The summed E-state index contributed by atoms with van der Waals surface area (Å²) in [6.45, 7) is 3.16. The van der Waals surface area contributed by atoms with E-state index < -0.39 is 0 Å². The fraction of sp³-hybridized carbons (Fsp3) is 0.381. The van der Waals surface area contributed by atoms with Crippen molar-refractivity contribution in [1.82, 2.24) is 19.8 Å². The Bertz CT molecular complexity index is 988. The molecule has 1 unspecified atom stereocenters. The monoisotopic (exact) mass is 348 g/mol. The molecule has 1 atom stereocenters. The molecule has 4 nitrogen and oxygen atoms in total. The molecule has 4 aliphatic rings. The molecule has 6 heterocycles. The summed E-state index contributed by atoms with van der Waals surface area (Å²) in [6, 6.07) is 11.4. The molecule has 132 valence electrons. The third-order valence-electron chi connectivity index (χ3n) is 6.70. The van der Waals surface area contributed by atoms with Crippen molar-refractivity contribution >= 4 is 10.9 Å². The summed E-state index contributed by atoms with van der Waals surface area (Å²) in [6.07, 6.45) is 5.34. The second-order valence-electron chi connectivity index (χ2n) is 7.81. The van der Waals surface area contributed by atoms with Crippen LogP contribution in [0, 0.1) is 5.82 Å². The molecule has 1 N–H and O–H groups in total. The highest BCUT2D eigenvalue weighted by Gasteiger charge is 2.55. The van der Waals surface area contributed by atoms with Crippen LogP contribution in [-0.4, -0.2) is 39.4 Å². The van der Waals surface area contributed by atoms with Crippen LogP contribution in [-0.2, 0) is 12.0 Å². The third kappa shape index (κ3) is 1.82. The van der Waals surface area contributed by atoms with E-state index in [1.54, 1.807) is 12.1 Å². The van der Waals surface area contributed by atoms with Crippen molar-refractivity contribution < 1.29 is 4.39 Å². The van der Waals surface area contributed by atoms with E-state index in [1.165, 1.54) is 11.3 Å². The second-order valence-corrected chi connectivity index (χ2v) is 7.81. The molecule has 0 radical (unpaired) electrons. The Balaban J connectivity index is 1.54. The zero-order chi connectivity index (χ0) is 17.3. The maximum Gasteiger partial charge on any atom is 0.123 e. The molecule has 1 aromatic carbocycles. The van der Waals surface area contributed by atoms with E-state index in [9.17, 15) is 4.39 Å². The highest BCUT2D eigenvalue weighted by atomic mass is 19.1. The number of nitrogens with one attached hydrogen (secondary N) is 1. The summed E-state index contributed by atoms with van der Waals surface area (Å²) in [5.74, 6) is -0.149. The molecule has 3 saturated heterocycles. The van der Waals surface area contributed by atoms with Crippen LogP contribution < -0.4 is 0 Å². The standard InChI is InChI=1S/C21H21FN4/c22-14-4-5-17-16(13-14)15-6-10-26-20(18-3-1-2-9-23-18)25-11-7-21(26,8-12-25)19(15)24-17/h1-5,9,13,20,24H,6-8,10-12H2. The molecule has 7 rings (SSSR count). The van der Waals surface area contributed by atoms with Gasteiger partial charge in [0.2, 0.25) is 0 Å². The van der Waals surface area contributed by atoms with Crippen LogP contribution in [0.4, 0.5) is 4.39 Å². The number of hydrogen-bond donors (Lipinski definition) is 1. The fourth-order valence-electron chi connectivity index (χ4n) is 5.57. The minimum atomic E-state index is -0.149. The first-order valence-corrected chi connectivity index (χ1v) is 9.49. The Morgan fingerprint density at radius 3 is 2.81 bits per heavy atom. The van der Waals surface area contributed by atoms with Crippen molar-refractivity contribution in [1.29, 1.82) is 0 Å². The number of pyridine rings is 1. The van der Waals surface area contributed by atoms with Crippen molar-refractivity contribution in [2.75, 3.05) is 19.6 Å². The molecule has 5 heteroatoms. The largest absolute Gasteiger partial charge is 0.357 e. The van der Waals surface area contributed by atoms with Crippen LogP contribution in [0.5, 0.6) is 0 Å². The number of piperidine rings is 1. The lowest BCUT2D eigenvalue weighted by Crippen LogP contribution is -2.66. The van der Waals surface area contributed by atoms with Crippen LogP contribution in [0.3, 0.4) is 0 Å². The molecular formula is C21H21FN4. The van der Waals surface area contributed by atoms with Gasteiger partial charge in [0.05, 0.1) is 11.2 Å². The van der Waals surface area contributed by atoms with Gasteiger partial charge in [0.25, 0.3) is 0 Å². The Kier molecular flexibility index (Phi) is 2.95. The van der Waals surface area contributed by atoms with Gasteiger partial charge in [0.15, 0.2) is 0 Å².